The topological polar surface area (TPSA) is 220 Å². The van der Waals surface area contributed by atoms with E-state index in [2.05, 4.69) is 25.8 Å². The van der Waals surface area contributed by atoms with E-state index in [9.17, 15) is 34.6 Å². The number of aliphatic carboxylic acids is 1. The zero-order valence-electron chi connectivity index (χ0n) is 23.9. The molecule has 2 aromatic heterocycles. The highest BCUT2D eigenvalue weighted by atomic mass is 32.2. The van der Waals surface area contributed by atoms with Crippen molar-refractivity contribution in [3.05, 3.63) is 93.4 Å². The summed E-state index contributed by atoms with van der Waals surface area (Å²) in [5.74, 6) is -3.61. The Morgan fingerprint density at radius 2 is 2.00 bits per heavy atom. The van der Waals surface area contributed by atoms with Gasteiger partial charge in [0.05, 0.1) is 0 Å². The highest BCUT2D eigenvalue weighted by Crippen LogP contribution is 2.47. The van der Waals surface area contributed by atoms with E-state index in [0.717, 1.165) is 27.4 Å². The average molecular weight is 662 g/mol. The molecular formula is C30H27N7O7S2. The third-order valence-corrected chi connectivity index (χ3v) is 9.88. The van der Waals surface area contributed by atoms with Crippen molar-refractivity contribution in [2.45, 2.75) is 30.2 Å². The lowest BCUT2D eigenvalue weighted by Gasteiger charge is -2.50. The number of thiazole rings is 1. The van der Waals surface area contributed by atoms with Gasteiger partial charge in [-0.2, -0.15) is 0 Å². The first-order valence-electron chi connectivity index (χ1n) is 14.0. The molecule has 0 aliphatic carbocycles. The molecule has 2 saturated heterocycles. The van der Waals surface area contributed by atoms with Crippen LogP contribution >= 0.6 is 23.1 Å². The third kappa shape index (κ3) is 5.67. The van der Waals surface area contributed by atoms with Crippen molar-refractivity contribution >= 4 is 57.6 Å². The second kappa shape index (κ2) is 12.6. The number of phenolic OH excluding ortho intramolecular Hbond substituents is 1. The molecule has 0 saturated carbocycles. The van der Waals surface area contributed by atoms with E-state index in [4.69, 9.17) is 5.73 Å². The summed E-state index contributed by atoms with van der Waals surface area (Å²) in [6, 6.07) is 9.16. The number of benzene rings is 1. The van der Waals surface area contributed by atoms with Crippen molar-refractivity contribution in [2.75, 3.05) is 18.0 Å². The average Bonchev–Trinajstić information content (AvgIpc) is 3.67. The second-order valence-corrected chi connectivity index (χ2v) is 12.6. The molecule has 5 heterocycles. The van der Waals surface area contributed by atoms with Gasteiger partial charge in [0, 0.05) is 41.6 Å². The minimum Gasteiger partial charge on any atom is -0.508 e. The molecule has 46 heavy (non-hydrogen) atoms. The van der Waals surface area contributed by atoms with Crippen LogP contribution in [0.15, 0.2) is 81.7 Å². The maximum absolute atomic E-state index is 13.6. The van der Waals surface area contributed by atoms with E-state index in [1.54, 1.807) is 42.7 Å². The zero-order valence-corrected chi connectivity index (χ0v) is 25.5. The number of hydrogen-bond donors (Lipinski definition) is 6. The number of thioether (sulfide) groups is 1. The maximum atomic E-state index is 13.6. The number of nitrogens with two attached hydrogens (primary N) is 1. The summed E-state index contributed by atoms with van der Waals surface area (Å²) in [5.41, 5.74) is 7.68. The summed E-state index contributed by atoms with van der Waals surface area (Å²) in [4.78, 5) is 61.9. The number of hydrogen-bond acceptors (Lipinski definition) is 12. The van der Waals surface area contributed by atoms with Crippen LogP contribution in [0.2, 0.25) is 0 Å². The number of carboxylic acids is 1. The van der Waals surface area contributed by atoms with Crippen molar-refractivity contribution in [1.29, 1.82) is 0 Å². The standard InChI is InChI=1S/C30H27N7O7S2/c31-30-34-20(13-46-30)22(36-44)26(40)35-23-27(41)37-24(29(42)43)19(12-45-28(23)37)21(17-6-9-33-25(17)39)18(15-4-7-32-8-5-15)11-14-2-1-3-16(38)10-14/h1-5,7-8,10,13,18,23,28,38,44H,6,9,11-12H2,(H2,31,34)(H,33,39)(H,35,40)(H,42,43)/t18?,23-,28-/m1/s1. The summed E-state index contributed by atoms with van der Waals surface area (Å²) in [7, 11) is 0. The molecule has 16 heteroatoms. The summed E-state index contributed by atoms with van der Waals surface area (Å²) in [5, 5.41) is 39.4. The zero-order chi connectivity index (χ0) is 32.5. The van der Waals surface area contributed by atoms with Crippen molar-refractivity contribution in [3.63, 3.8) is 0 Å². The molecule has 3 aromatic rings. The Labute approximate surface area is 269 Å². The van der Waals surface area contributed by atoms with Crippen LogP contribution in [0.1, 0.15) is 29.2 Å². The lowest BCUT2D eigenvalue weighted by molar-refractivity contribution is -0.150. The molecular weight excluding hydrogens is 635 g/mol. The first-order valence-corrected chi connectivity index (χ1v) is 16.0. The Kier molecular flexibility index (Phi) is 8.46. The lowest BCUT2D eigenvalue weighted by atomic mass is 9.79. The number of amides is 3. The van der Waals surface area contributed by atoms with Crippen molar-refractivity contribution in [2.24, 2.45) is 5.16 Å². The van der Waals surface area contributed by atoms with Gasteiger partial charge in [0.1, 0.15) is 28.6 Å². The van der Waals surface area contributed by atoms with Crippen LogP contribution in [0.3, 0.4) is 0 Å². The number of nitrogens with zero attached hydrogens (tertiary/aromatic N) is 4. The van der Waals surface area contributed by atoms with E-state index in [0.29, 0.717) is 36.1 Å². The molecule has 3 aliphatic heterocycles. The highest BCUT2D eigenvalue weighted by molar-refractivity contribution is 8.00. The van der Waals surface area contributed by atoms with Gasteiger partial charge in [-0.15, -0.1) is 23.1 Å². The summed E-state index contributed by atoms with van der Waals surface area (Å²) < 4.78 is 0. The molecule has 0 radical (unpaired) electrons. The number of aromatic hydroxyl groups is 1. The maximum Gasteiger partial charge on any atom is 0.352 e. The molecule has 0 bridgehead atoms. The Morgan fingerprint density at radius 3 is 2.63 bits per heavy atom. The van der Waals surface area contributed by atoms with E-state index in [1.165, 1.54) is 17.1 Å². The Morgan fingerprint density at radius 1 is 1.22 bits per heavy atom. The number of carbonyl (C=O) groups is 4. The third-order valence-electron chi connectivity index (χ3n) is 7.93. The first-order chi connectivity index (χ1) is 22.2. The molecule has 0 spiro atoms. The van der Waals surface area contributed by atoms with Gasteiger partial charge in [0.2, 0.25) is 5.91 Å². The number of aromatic nitrogens is 2. The van der Waals surface area contributed by atoms with Gasteiger partial charge in [-0.05, 0) is 59.4 Å². The number of allylic oxidation sites excluding steroid dienone is 1. The number of anilines is 1. The number of nitrogen functional groups attached to an aromatic ring is 1. The van der Waals surface area contributed by atoms with Crippen LogP contribution in [0.25, 0.3) is 0 Å². The van der Waals surface area contributed by atoms with Crippen LogP contribution in [-0.2, 0) is 25.6 Å². The number of phenols is 1. The fourth-order valence-corrected chi connectivity index (χ4v) is 7.84. The molecule has 236 valence electrons. The molecule has 1 unspecified atom stereocenters. The van der Waals surface area contributed by atoms with Crippen molar-refractivity contribution < 1.29 is 34.6 Å². The van der Waals surface area contributed by atoms with Crippen LogP contribution in [0, 0.1) is 0 Å². The monoisotopic (exact) mass is 661 g/mol. The highest BCUT2D eigenvalue weighted by Gasteiger charge is 2.55. The Bertz CT molecular complexity index is 1840. The summed E-state index contributed by atoms with van der Waals surface area (Å²) in [6.45, 7) is 0.369. The van der Waals surface area contributed by atoms with E-state index in [-0.39, 0.29) is 33.9 Å². The number of oxime groups is 1. The van der Waals surface area contributed by atoms with Crippen LogP contribution in [0.5, 0.6) is 5.75 Å². The molecule has 14 nitrogen and oxygen atoms in total. The number of β-lactam (4-membered cyclic amide) rings is 1. The number of rotatable bonds is 9. The fraction of sp³-hybridized carbons (Fsp3) is 0.233. The predicted molar refractivity (Wildman–Crippen MR) is 168 cm³/mol. The lowest BCUT2D eigenvalue weighted by Crippen LogP contribution is -2.71. The minimum absolute atomic E-state index is 0.0239. The van der Waals surface area contributed by atoms with E-state index < -0.39 is 40.8 Å². The number of carboxylic acid groups (broad SMARTS) is 1. The van der Waals surface area contributed by atoms with E-state index in [1.807, 2.05) is 6.07 Å². The first kappa shape index (κ1) is 30.8. The molecule has 3 amide bonds. The second-order valence-electron chi connectivity index (χ2n) is 10.6. The smallest absolute Gasteiger partial charge is 0.352 e. The summed E-state index contributed by atoms with van der Waals surface area (Å²) in [6.07, 6.45) is 3.87. The van der Waals surface area contributed by atoms with Gasteiger partial charge in [-0.25, -0.2) is 9.78 Å². The van der Waals surface area contributed by atoms with Gasteiger partial charge >= 0.3 is 5.97 Å². The van der Waals surface area contributed by atoms with Crippen molar-refractivity contribution in [1.82, 2.24) is 25.5 Å². The van der Waals surface area contributed by atoms with Crippen LogP contribution in [-0.4, -0.2) is 83.4 Å². The van der Waals surface area contributed by atoms with E-state index >= 15 is 0 Å². The predicted octanol–water partition coefficient (Wildman–Crippen LogP) is 1.59. The molecule has 6 rings (SSSR count). The normalized spacial score (nSPS) is 21.3. The quantitative estimate of drug-likeness (QED) is 0.0635. The minimum atomic E-state index is -1.36. The Balaban J connectivity index is 1.40. The molecule has 1 aromatic carbocycles. The van der Waals surface area contributed by atoms with Gasteiger partial charge in [-0.3, -0.25) is 24.3 Å². The van der Waals surface area contributed by atoms with Gasteiger partial charge < -0.3 is 31.8 Å². The van der Waals surface area contributed by atoms with Gasteiger partial charge in [0.25, 0.3) is 11.8 Å². The number of carbonyl (C=O) groups excluding carboxylic acids is 3. The van der Waals surface area contributed by atoms with Gasteiger partial charge in [-0.1, -0.05) is 17.3 Å². The number of pyridine rings is 1. The SMILES string of the molecule is Nc1nc(C(=NO)C(=O)N[C@@H]2C(=O)N3C(C(=O)O)=C(C(=C4CCNC4=O)C(Cc4cccc(O)c4)c4ccncc4)CS[C@H]23)cs1. The number of fused-ring (bicyclic) bond motifs is 1. The van der Waals surface area contributed by atoms with Gasteiger partial charge in [0.15, 0.2) is 10.8 Å². The largest absolute Gasteiger partial charge is 0.508 e. The molecule has 3 atom stereocenters. The molecule has 3 aliphatic rings. The van der Waals surface area contributed by atoms with Crippen LogP contribution < -0.4 is 16.4 Å². The van der Waals surface area contributed by atoms with Crippen LogP contribution in [0.4, 0.5) is 5.13 Å². The summed E-state index contributed by atoms with van der Waals surface area (Å²) >= 11 is 2.28. The van der Waals surface area contributed by atoms with Crippen molar-refractivity contribution in [3.8, 4) is 5.75 Å². The Hall–Kier alpha value is -5.22. The molecule has 7 N–H and O–H groups in total. The fourth-order valence-electron chi connectivity index (χ4n) is 5.93. The molecule has 2 fully saturated rings. The number of nitrogens with one attached hydrogen (secondary N) is 2.